The summed E-state index contributed by atoms with van der Waals surface area (Å²) >= 11 is 0. The Morgan fingerprint density at radius 1 is 1.10 bits per heavy atom. The summed E-state index contributed by atoms with van der Waals surface area (Å²) in [5, 5.41) is 0. The number of rotatable bonds is 9. The number of halogens is 1. The zero-order chi connectivity index (χ0) is 22.4. The first kappa shape index (κ1) is 23.8. The average molecular weight is 438 g/mol. The van der Waals surface area contributed by atoms with E-state index in [2.05, 4.69) is 0 Å². The van der Waals surface area contributed by atoms with Crippen LogP contribution in [0.25, 0.3) is 0 Å². The lowest BCUT2D eigenvalue weighted by molar-refractivity contribution is -0.134. The van der Waals surface area contributed by atoms with E-state index in [1.54, 1.807) is 30.2 Å². The van der Waals surface area contributed by atoms with Crippen molar-refractivity contribution in [2.75, 3.05) is 20.3 Å². The summed E-state index contributed by atoms with van der Waals surface area (Å²) < 4.78 is 48.2. The molecule has 6 nitrogen and oxygen atoms in total. The first-order valence-electron chi connectivity index (χ1n) is 9.56. The summed E-state index contributed by atoms with van der Waals surface area (Å²) in [4.78, 5) is 14.2. The molecule has 0 aliphatic rings. The highest BCUT2D eigenvalue weighted by atomic mass is 32.2. The number of nitrogens with zero attached hydrogens (tertiary/aromatic N) is 1. The smallest absolute Gasteiger partial charge is 0.339 e. The predicted molar refractivity (Wildman–Crippen MR) is 112 cm³/mol. The lowest BCUT2D eigenvalue weighted by atomic mass is 9.91. The van der Waals surface area contributed by atoms with E-state index in [0.29, 0.717) is 26.1 Å². The molecule has 0 aliphatic carbocycles. The van der Waals surface area contributed by atoms with Crippen LogP contribution in [0.15, 0.2) is 53.4 Å². The van der Waals surface area contributed by atoms with E-state index >= 15 is 0 Å². The number of hydrogen-bond donors (Lipinski definition) is 0. The second-order valence-corrected chi connectivity index (χ2v) is 9.73. The van der Waals surface area contributed by atoms with Crippen LogP contribution in [0.2, 0.25) is 0 Å². The average Bonchev–Trinajstić information content (AvgIpc) is 2.64. The van der Waals surface area contributed by atoms with Crippen LogP contribution in [-0.2, 0) is 26.2 Å². The molecule has 0 saturated heterocycles. The van der Waals surface area contributed by atoms with Crippen molar-refractivity contribution in [3.63, 3.8) is 0 Å². The van der Waals surface area contributed by atoms with Crippen molar-refractivity contribution < 1.29 is 26.5 Å². The number of methoxy groups -OCH3 is 1. The van der Waals surface area contributed by atoms with Gasteiger partial charge in [0.05, 0.1) is 6.61 Å². The Balaban J connectivity index is 2.17. The van der Waals surface area contributed by atoms with Crippen LogP contribution in [0.3, 0.4) is 0 Å². The van der Waals surface area contributed by atoms with E-state index in [-0.39, 0.29) is 22.0 Å². The topological polar surface area (TPSA) is 72.9 Å². The highest BCUT2D eigenvalue weighted by molar-refractivity contribution is 7.87. The molecule has 0 heterocycles. The Kier molecular flexibility index (Phi) is 7.97. The number of carbonyl (C=O) groups excluding carboxylic acids is 1. The lowest BCUT2D eigenvalue weighted by Crippen LogP contribution is -2.35. The molecule has 0 fully saturated rings. The number of ether oxygens (including phenoxy) is 1. The molecule has 2 aromatic carbocycles. The highest BCUT2D eigenvalue weighted by Gasteiger charge is 2.22. The van der Waals surface area contributed by atoms with Gasteiger partial charge in [-0.05, 0) is 47.4 Å². The molecule has 8 heteroatoms. The van der Waals surface area contributed by atoms with Crippen molar-refractivity contribution >= 4 is 16.0 Å². The van der Waals surface area contributed by atoms with E-state index in [1.807, 2.05) is 20.8 Å². The predicted octanol–water partition coefficient (Wildman–Crippen LogP) is 4.00. The van der Waals surface area contributed by atoms with Gasteiger partial charge in [-0.2, -0.15) is 8.42 Å². The van der Waals surface area contributed by atoms with Gasteiger partial charge in [0, 0.05) is 26.6 Å². The molecule has 0 aliphatic heterocycles. The van der Waals surface area contributed by atoms with E-state index in [0.717, 1.165) is 29.8 Å². The normalized spacial score (nSPS) is 11.9. The molecular weight excluding hydrogens is 409 g/mol. The maximum atomic E-state index is 13.1. The van der Waals surface area contributed by atoms with Crippen molar-refractivity contribution in [2.45, 2.75) is 38.6 Å². The third-order valence-corrected chi connectivity index (χ3v) is 5.44. The molecule has 0 N–H and O–H groups in total. The molecule has 0 atom stereocenters. The van der Waals surface area contributed by atoms with Gasteiger partial charge in [-0.3, -0.25) is 4.79 Å². The van der Waals surface area contributed by atoms with Gasteiger partial charge >= 0.3 is 10.1 Å². The quantitative estimate of drug-likeness (QED) is 0.555. The van der Waals surface area contributed by atoms with E-state index in [9.17, 15) is 17.6 Å². The number of benzene rings is 2. The molecule has 30 heavy (non-hydrogen) atoms. The van der Waals surface area contributed by atoms with E-state index < -0.39 is 15.9 Å². The largest absolute Gasteiger partial charge is 0.383 e. The monoisotopic (exact) mass is 437 g/mol. The first-order valence-corrected chi connectivity index (χ1v) is 11.0. The molecule has 0 bridgehead atoms. The molecule has 164 valence electrons. The zero-order valence-corrected chi connectivity index (χ0v) is 18.5. The molecular formula is C22H28FNO5S. The molecule has 2 aromatic rings. The standard InChI is InChI=1S/C22H28FNO5S/c1-22(2,3)15-21(25)24(12-13-28-4)16-17-6-5-7-19(14-17)29-30(26,27)20-10-8-18(23)9-11-20/h5-11,14H,12-13,15-16H2,1-4H3. The highest BCUT2D eigenvalue weighted by Crippen LogP contribution is 2.23. The minimum atomic E-state index is -4.10. The minimum Gasteiger partial charge on any atom is -0.383 e. The first-order chi connectivity index (χ1) is 14.0. The molecule has 0 radical (unpaired) electrons. The number of carbonyl (C=O) groups is 1. The van der Waals surface area contributed by atoms with Crippen LogP contribution in [-0.4, -0.2) is 39.5 Å². The van der Waals surface area contributed by atoms with E-state index in [4.69, 9.17) is 8.92 Å². The molecule has 2 rings (SSSR count). The summed E-state index contributed by atoms with van der Waals surface area (Å²) in [7, 11) is -2.53. The van der Waals surface area contributed by atoms with Gasteiger partial charge in [-0.1, -0.05) is 32.9 Å². The Bertz CT molecular complexity index is 952. The second-order valence-electron chi connectivity index (χ2n) is 8.18. The lowest BCUT2D eigenvalue weighted by Gasteiger charge is -2.27. The maximum Gasteiger partial charge on any atom is 0.339 e. The van der Waals surface area contributed by atoms with Crippen LogP contribution >= 0.6 is 0 Å². The van der Waals surface area contributed by atoms with Gasteiger partial charge in [0.15, 0.2) is 0 Å². The summed E-state index contributed by atoms with van der Waals surface area (Å²) in [6, 6.07) is 10.9. The third-order valence-electron chi connectivity index (χ3n) is 4.18. The van der Waals surface area contributed by atoms with Crippen molar-refractivity contribution in [2.24, 2.45) is 5.41 Å². The fourth-order valence-corrected chi connectivity index (χ4v) is 3.67. The maximum absolute atomic E-state index is 13.1. The molecule has 0 spiro atoms. The van der Waals surface area contributed by atoms with Crippen molar-refractivity contribution in [1.82, 2.24) is 4.90 Å². The summed E-state index contributed by atoms with van der Waals surface area (Å²) in [6.07, 6.45) is 0.381. The number of amides is 1. The Labute approximate surface area is 177 Å². The van der Waals surface area contributed by atoms with Gasteiger partial charge in [-0.25, -0.2) is 4.39 Å². The Hall–Kier alpha value is -2.45. The SMILES string of the molecule is COCCN(Cc1cccc(OS(=O)(=O)c2ccc(F)cc2)c1)C(=O)CC(C)(C)C. The summed E-state index contributed by atoms with van der Waals surface area (Å²) in [5.74, 6) is -0.427. The van der Waals surface area contributed by atoms with E-state index in [1.165, 1.54) is 6.07 Å². The molecule has 0 saturated carbocycles. The zero-order valence-electron chi connectivity index (χ0n) is 17.7. The molecule has 0 unspecified atom stereocenters. The van der Waals surface area contributed by atoms with Gasteiger partial charge in [0.25, 0.3) is 0 Å². The minimum absolute atomic E-state index is 0.00944. The fraction of sp³-hybridized carbons (Fsp3) is 0.409. The van der Waals surface area contributed by atoms with Crippen LogP contribution in [0.4, 0.5) is 4.39 Å². The van der Waals surface area contributed by atoms with Gasteiger partial charge < -0.3 is 13.8 Å². The molecule has 0 aromatic heterocycles. The van der Waals surface area contributed by atoms with Crippen LogP contribution < -0.4 is 4.18 Å². The third kappa shape index (κ3) is 7.42. The van der Waals surface area contributed by atoms with Crippen LogP contribution in [0.1, 0.15) is 32.8 Å². The fourth-order valence-electron chi connectivity index (χ4n) is 2.75. The van der Waals surface area contributed by atoms with Gasteiger partial charge in [0.1, 0.15) is 16.5 Å². The number of hydrogen-bond acceptors (Lipinski definition) is 5. The molecule has 1 amide bonds. The second kappa shape index (κ2) is 10.0. The Morgan fingerprint density at radius 3 is 2.37 bits per heavy atom. The van der Waals surface area contributed by atoms with Crippen LogP contribution in [0, 0.1) is 11.2 Å². The summed E-state index contributed by atoms with van der Waals surface area (Å²) in [6.45, 7) is 7.10. The summed E-state index contributed by atoms with van der Waals surface area (Å²) in [5.41, 5.74) is 0.566. The van der Waals surface area contributed by atoms with Crippen molar-refractivity contribution in [3.05, 3.63) is 59.9 Å². The van der Waals surface area contributed by atoms with Gasteiger partial charge in [-0.15, -0.1) is 0 Å². The van der Waals surface area contributed by atoms with Crippen LogP contribution in [0.5, 0.6) is 5.75 Å². The van der Waals surface area contributed by atoms with Gasteiger partial charge in [0.2, 0.25) is 5.91 Å². The Morgan fingerprint density at radius 2 is 1.77 bits per heavy atom. The van der Waals surface area contributed by atoms with Crippen molar-refractivity contribution in [3.8, 4) is 5.75 Å². The van der Waals surface area contributed by atoms with Crippen molar-refractivity contribution in [1.29, 1.82) is 0 Å².